The number of hydrogen-bond donors (Lipinski definition) is 4. The lowest BCUT2D eigenvalue weighted by Crippen LogP contribution is -2.54. The van der Waals surface area contributed by atoms with E-state index in [1.165, 1.54) is 25.3 Å². The lowest BCUT2D eigenvalue weighted by molar-refractivity contribution is -0.136. The molecule has 4 aliphatic rings. The summed E-state index contributed by atoms with van der Waals surface area (Å²) in [5.41, 5.74) is 1.81. The van der Waals surface area contributed by atoms with Gasteiger partial charge in [-0.3, -0.25) is 43.8 Å². The van der Waals surface area contributed by atoms with Gasteiger partial charge in [-0.25, -0.2) is 4.98 Å². The van der Waals surface area contributed by atoms with E-state index in [-0.39, 0.29) is 53.6 Å². The van der Waals surface area contributed by atoms with E-state index in [2.05, 4.69) is 26.2 Å². The Bertz CT molecular complexity index is 2170. The SMILES string of the molecule is COc1cc(C(=O)NCCCCNC(=O)COc2cccc3c2C(=O)N(C2CCC(=O)NC2=O)C3=O)ccc1Nc1ccc2c(n1)N(C1CCCC1)[C@H](C)C(=O)N2C. The Morgan fingerprint density at radius 2 is 1.67 bits per heavy atom. The quantitative estimate of drug-likeness (QED) is 0.137. The molecule has 58 heavy (non-hydrogen) atoms. The molecule has 2 atom stereocenters. The maximum absolute atomic E-state index is 13.2. The average molecular weight is 795 g/mol. The number of aromatic nitrogens is 1. The summed E-state index contributed by atoms with van der Waals surface area (Å²) >= 11 is 0. The molecule has 4 heterocycles. The summed E-state index contributed by atoms with van der Waals surface area (Å²) in [5, 5.41) is 11.1. The number of nitrogens with one attached hydrogen (secondary N) is 4. The molecular weight excluding hydrogens is 748 g/mol. The normalized spacial score (nSPS) is 19.2. The van der Waals surface area contributed by atoms with Crippen molar-refractivity contribution in [3.63, 3.8) is 0 Å². The molecule has 7 amide bonds. The molecular formula is C41H46N8O9. The van der Waals surface area contributed by atoms with Crippen molar-refractivity contribution in [1.29, 1.82) is 0 Å². The number of fused-ring (bicyclic) bond motifs is 2. The lowest BCUT2D eigenvalue weighted by atomic mass is 10.0. The van der Waals surface area contributed by atoms with E-state index < -0.39 is 42.2 Å². The van der Waals surface area contributed by atoms with Crippen LogP contribution in [-0.4, -0.2) is 103 Å². The molecule has 0 spiro atoms. The van der Waals surface area contributed by atoms with Crippen molar-refractivity contribution in [3.05, 3.63) is 65.2 Å². The predicted octanol–water partition coefficient (Wildman–Crippen LogP) is 3.05. The number of hydrogen-bond acceptors (Lipinski definition) is 12. The third-order valence-corrected chi connectivity index (χ3v) is 11.0. The predicted molar refractivity (Wildman–Crippen MR) is 211 cm³/mol. The zero-order chi connectivity index (χ0) is 41.1. The number of anilines is 4. The molecule has 7 rings (SSSR count). The van der Waals surface area contributed by atoms with Crippen LogP contribution in [0.3, 0.4) is 0 Å². The summed E-state index contributed by atoms with van der Waals surface area (Å²) in [5.74, 6) is -1.44. The van der Waals surface area contributed by atoms with Crippen LogP contribution >= 0.6 is 0 Å². The zero-order valence-electron chi connectivity index (χ0n) is 32.6. The molecule has 1 saturated heterocycles. The molecule has 3 aliphatic heterocycles. The van der Waals surface area contributed by atoms with Crippen molar-refractivity contribution in [2.24, 2.45) is 0 Å². The number of amides is 7. The van der Waals surface area contributed by atoms with Gasteiger partial charge in [-0.1, -0.05) is 18.9 Å². The Labute approximate surface area is 334 Å². The van der Waals surface area contributed by atoms with Crippen molar-refractivity contribution < 1.29 is 43.0 Å². The van der Waals surface area contributed by atoms with E-state index in [0.717, 1.165) is 42.1 Å². The van der Waals surface area contributed by atoms with Crippen molar-refractivity contribution >= 4 is 64.4 Å². The van der Waals surface area contributed by atoms with Gasteiger partial charge in [0.1, 0.15) is 29.4 Å². The summed E-state index contributed by atoms with van der Waals surface area (Å²) in [6.07, 6.45) is 5.46. The molecule has 17 nitrogen and oxygen atoms in total. The number of imide groups is 2. The minimum absolute atomic E-state index is 0.000430. The topological polar surface area (TPSA) is 209 Å². The fraction of sp³-hybridized carbons (Fsp3) is 0.415. The summed E-state index contributed by atoms with van der Waals surface area (Å²) in [6, 6.07) is 12.1. The number of pyridine rings is 1. The number of nitrogens with zero attached hydrogens (tertiary/aromatic N) is 4. The molecule has 304 valence electrons. The van der Waals surface area contributed by atoms with Crippen LogP contribution in [0.1, 0.15) is 89.4 Å². The lowest BCUT2D eigenvalue weighted by Gasteiger charge is -2.42. The highest BCUT2D eigenvalue weighted by Gasteiger charge is 2.46. The van der Waals surface area contributed by atoms with Gasteiger partial charge in [-0.2, -0.15) is 0 Å². The summed E-state index contributed by atoms with van der Waals surface area (Å²) in [7, 11) is 3.30. The highest BCUT2D eigenvalue weighted by Crippen LogP contribution is 2.40. The van der Waals surface area contributed by atoms with Crippen LogP contribution in [0.15, 0.2) is 48.5 Å². The molecule has 17 heteroatoms. The molecule has 1 aromatic heterocycles. The first-order chi connectivity index (χ1) is 28.0. The van der Waals surface area contributed by atoms with Crippen molar-refractivity contribution in [2.75, 3.05) is 49.0 Å². The molecule has 4 N–H and O–H groups in total. The van der Waals surface area contributed by atoms with Gasteiger partial charge in [0.15, 0.2) is 12.4 Å². The minimum Gasteiger partial charge on any atom is -0.495 e. The minimum atomic E-state index is -1.11. The van der Waals surface area contributed by atoms with Crippen LogP contribution < -0.4 is 40.5 Å². The van der Waals surface area contributed by atoms with Crippen LogP contribution in [0.2, 0.25) is 0 Å². The summed E-state index contributed by atoms with van der Waals surface area (Å²) < 4.78 is 11.3. The number of piperidine rings is 1. The third-order valence-electron chi connectivity index (χ3n) is 11.0. The van der Waals surface area contributed by atoms with Crippen molar-refractivity contribution in [1.82, 2.24) is 25.8 Å². The Kier molecular flexibility index (Phi) is 11.6. The fourth-order valence-corrected chi connectivity index (χ4v) is 7.99. The zero-order valence-corrected chi connectivity index (χ0v) is 32.6. The Balaban J connectivity index is 0.865. The largest absolute Gasteiger partial charge is 0.495 e. The Morgan fingerprint density at radius 3 is 2.41 bits per heavy atom. The third kappa shape index (κ3) is 7.88. The Morgan fingerprint density at radius 1 is 0.914 bits per heavy atom. The van der Waals surface area contributed by atoms with Crippen LogP contribution in [0.5, 0.6) is 11.5 Å². The van der Waals surface area contributed by atoms with Gasteiger partial charge in [0.25, 0.3) is 23.6 Å². The van der Waals surface area contributed by atoms with E-state index >= 15 is 0 Å². The number of carbonyl (C=O) groups excluding carboxylic acids is 7. The van der Waals surface area contributed by atoms with Gasteiger partial charge in [0, 0.05) is 38.2 Å². The van der Waals surface area contributed by atoms with Gasteiger partial charge < -0.3 is 35.2 Å². The number of carbonyl (C=O) groups is 7. The van der Waals surface area contributed by atoms with Gasteiger partial charge in [0.05, 0.1) is 29.6 Å². The second-order valence-corrected chi connectivity index (χ2v) is 14.7. The van der Waals surface area contributed by atoms with Gasteiger partial charge >= 0.3 is 0 Å². The van der Waals surface area contributed by atoms with E-state index in [4.69, 9.17) is 14.5 Å². The van der Waals surface area contributed by atoms with Crippen LogP contribution in [-0.2, 0) is 19.2 Å². The Hall–Kier alpha value is -6.52. The fourth-order valence-electron chi connectivity index (χ4n) is 7.99. The molecule has 1 saturated carbocycles. The number of methoxy groups -OCH3 is 1. The van der Waals surface area contributed by atoms with E-state index in [0.29, 0.717) is 48.7 Å². The first-order valence-corrected chi connectivity index (χ1v) is 19.5. The second-order valence-electron chi connectivity index (χ2n) is 14.7. The highest BCUT2D eigenvalue weighted by molar-refractivity contribution is 6.24. The molecule has 0 radical (unpaired) electrons. The number of rotatable bonds is 14. The van der Waals surface area contributed by atoms with Crippen LogP contribution in [0, 0.1) is 0 Å². The molecule has 3 aromatic rings. The number of likely N-dealkylation sites (N-methyl/N-ethyl adjacent to an activating group) is 1. The van der Waals surface area contributed by atoms with Gasteiger partial charge in [0.2, 0.25) is 17.7 Å². The highest BCUT2D eigenvalue weighted by atomic mass is 16.5. The number of benzene rings is 2. The second kappa shape index (κ2) is 16.9. The van der Waals surface area contributed by atoms with Crippen LogP contribution in [0.25, 0.3) is 0 Å². The standard InChI is InChI=1S/C41H46N8O9/c1-23-39(54)47(2)28-15-17-32(45-36(28)48(23)25-9-4-5-10-25)44-27-14-13-24(21-31(27)57-3)37(52)43-20-7-6-19-42-34(51)22-58-30-12-8-11-26-35(30)41(56)49(40(26)55)29-16-18-33(50)46-38(29)53/h8,11-15,17,21,23,25,29H,4-7,9-10,16,18-20,22H2,1-3H3,(H,42,51)(H,43,52)(H,44,45)(H,46,50,53)/t23-,29?/m1/s1. The average Bonchev–Trinajstić information content (AvgIpc) is 3.84. The van der Waals surface area contributed by atoms with Gasteiger partial charge in [-0.05, 0) is 81.5 Å². The smallest absolute Gasteiger partial charge is 0.266 e. The summed E-state index contributed by atoms with van der Waals surface area (Å²) in [4.78, 5) is 98.4. The molecule has 2 aromatic carbocycles. The maximum Gasteiger partial charge on any atom is 0.266 e. The van der Waals surface area contributed by atoms with Gasteiger partial charge in [-0.15, -0.1) is 0 Å². The van der Waals surface area contributed by atoms with Crippen molar-refractivity contribution in [3.8, 4) is 11.5 Å². The molecule has 2 fully saturated rings. The number of ether oxygens (including phenoxy) is 2. The summed E-state index contributed by atoms with van der Waals surface area (Å²) in [6.45, 7) is 2.18. The maximum atomic E-state index is 13.2. The van der Waals surface area contributed by atoms with Crippen LogP contribution in [0.4, 0.5) is 23.0 Å². The molecule has 0 bridgehead atoms. The first kappa shape index (κ1) is 39.7. The number of unbranched alkanes of at least 4 members (excludes halogenated alkanes) is 1. The molecule has 1 aliphatic carbocycles. The van der Waals surface area contributed by atoms with E-state index in [1.54, 1.807) is 30.1 Å². The van der Waals surface area contributed by atoms with E-state index in [1.807, 2.05) is 19.1 Å². The van der Waals surface area contributed by atoms with E-state index in [9.17, 15) is 33.6 Å². The first-order valence-electron chi connectivity index (χ1n) is 19.5. The monoisotopic (exact) mass is 794 g/mol. The van der Waals surface area contributed by atoms with Crippen molar-refractivity contribution in [2.45, 2.75) is 76.4 Å². The molecule has 1 unspecified atom stereocenters.